The Labute approximate surface area is 93.6 Å². The van der Waals surface area contributed by atoms with Gasteiger partial charge in [0.25, 0.3) is 0 Å². The third kappa shape index (κ3) is 5.42. The Balaban J connectivity index is 4.06. The number of nitrogens with zero attached hydrogens (tertiary/aromatic N) is 1. The molecule has 0 saturated carbocycles. The summed E-state index contributed by atoms with van der Waals surface area (Å²) in [4.78, 5) is 33.9. The lowest BCUT2D eigenvalue weighted by atomic mass is 10.3. The van der Waals surface area contributed by atoms with Gasteiger partial charge in [0.15, 0.2) is 0 Å². The van der Waals surface area contributed by atoms with Crippen LogP contribution < -0.4 is 11.1 Å². The van der Waals surface area contributed by atoms with Gasteiger partial charge in [-0.3, -0.25) is 19.3 Å². The summed E-state index contributed by atoms with van der Waals surface area (Å²) < 4.78 is 0. The highest BCUT2D eigenvalue weighted by atomic mass is 16.3. The molecule has 0 aliphatic carbocycles. The van der Waals surface area contributed by atoms with Crippen LogP contribution in [0.3, 0.4) is 0 Å². The fourth-order valence-corrected chi connectivity index (χ4v) is 0.951. The molecule has 0 aromatic rings. The Bertz CT molecular complexity index is 245. The van der Waals surface area contributed by atoms with Crippen molar-refractivity contribution in [3.63, 3.8) is 0 Å². The number of nitrogens with two attached hydrogens (primary N) is 1. The molecule has 0 radical (unpaired) electrons. The van der Waals surface area contributed by atoms with Gasteiger partial charge >= 0.3 is 11.8 Å². The van der Waals surface area contributed by atoms with Crippen LogP contribution in [-0.2, 0) is 14.4 Å². The van der Waals surface area contributed by atoms with Crippen LogP contribution in [0, 0.1) is 0 Å². The van der Waals surface area contributed by atoms with Gasteiger partial charge in [-0.25, -0.2) is 0 Å². The van der Waals surface area contributed by atoms with Crippen molar-refractivity contribution >= 4 is 18.2 Å². The molecule has 7 heteroatoms. The molecule has 16 heavy (non-hydrogen) atoms. The molecule has 0 unspecified atom stereocenters. The van der Waals surface area contributed by atoms with Gasteiger partial charge in [-0.1, -0.05) is 0 Å². The molecule has 0 rings (SSSR count). The van der Waals surface area contributed by atoms with E-state index in [1.165, 1.54) is 0 Å². The summed E-state index contributed by atoms with van der Waals surface area (Å²) >= 11 is 0. The van der Waals surface area contributed by atoms with Gasteiger partial charge in [-0.15, -0.1) is 0 Å². The monoisotopic (exact) mass is 231 g/mol. The molecule has 92 valence electrons. The quantitative estimate of drug-likeness (QED) is 0.262. The lowest BCUT2D eigenvalue weighted by Gasteiger charge is -2.14. The summed E-state index contributed by atoms with van der Waals surface area (Å²) in [6, 6.07) is 0. The molecule has 0 aromatic carbocycles. The maximum atomic E-state index is 11.4. The van der Waals surface area contributed by atoms with Crippen molar-refractivity contribution in [2.24, 2.45) is 5.73 Å². The number of rotatable bonds is 7. The molecule has 4 N–H and O–H groups in total. The Kier molecular flexibility index (Phi) is 8.00. The van der Waals surface area contributed by atoms with E-state index in [2.05, 4.69) is 5.32 Å². The molecule has 0 aliphatic heterocycles. The van der Waals surface area contributed by atoms with E-state index >= 15 is 0 Å². The molecule has 7 nitrogen and oxygen atoms in total. The number of hydrogen-bond acceptors (Lipinski definition) is 5. The Hall–Kier alpha value is -1.47. The van der Waals surface area contributed by atoms with Crippen LogP contribution in [0.5, 0.6) is 0 Å². The molecule has 3 amide bonds. The molecule has 0 saturated heterocycles. The van der Waals surface area contributed by atoms with Crippen molar-refractivity contribution in [3.8, 4) is 0 Å². The van der Waals surface area contributed by atoms with Crippen molar-refractivity contribution in [3.05, 3.63) is 0 Å². The highest BCUT2D eigenvalue weighted by molar-refractivity contribution is 6.36. The number of imide groups is 1. The van der Waals surface area contributed by atoms with E-state index in [0.29, 0.717) is 25.8 Å². The van der Waals surface area contributed by atoms with Crippen LogP contribution in [0.4, 0.5) is 0 Å². The lowest BCUT2D eigenvalue weighted by molar-refractivity contribution is -0.148. The SMILES string of the molecule is NCCCN(C=O)C(=O)C(=O)NCCCO. The zero-order chi connectivity index (χ0) is 12.4. The number of hydrogen-bond donors (Lipinski definition) is 3. The summed E-state index contributed by atoms with van der Waals surface area (Å²) in [6.45, 7) is 0.597. The molecule has 0 bridgehead atoms. The van der Waals surface area contributed by atoms with E-state index in [0.717, 1.165) is 4.90 Å². The zero-order valence-electron chi connectivity index (χ0n) is 9.02. The summed E-state index contributed by atoms with van der Waals surface area (Å²) in [5.41, 5.74) is 5.22. The maximum absolute atomic E-state index is 11.4. The van der Waals surface area contributed by atoms with Crippen LogP contribution >= 0.6 is 0 Å². The van der Waals surface area contributed by atoms with Crippen molar-refractivity contribution in [2.45, 2.75) is 12.8 Å². The number of amides is 3. The van der Waals surface area contributed by atoms with Crippen LogP contribution in [0.2, 0.25) is 0 Å². The van der Waals surface area contributed by atoms with Gasteiger partial charge in [0.1, 0.15) is 0 Å². The normalized spacial score (nSPS) is 9.62. The van der Waals surface area contributed by atoms with Crippen molar-refractivity contribution in [1.82, 2.24) is 10.2 Å². The van der Waals surface area contributed by atoms with E-state index < -0.39 is 11.8 Å². The number of nitrogens with one attached hydrogen (secondary N) is 1. The predicted octanol–water partition coefficient (Wildman–Crippen LogP) is -2.18. The number of aliphatic hydroxyl groups excluding tert-OH is 1. The van der Waals surface area contributed by atoms with Gasteiger partial charge < -0.3 is 16.2 Å². The summed E-state index contributed by atoms with van der Waals surface area (Å²) in [5.74, 6) is -1.75. The molecule has 0 atom stereocenters. The maximum Gasteiger partial charge on any atom is 0.318 e. The second-order valence-corrected chi connectivity index (χ2v) is 3.08. The minimum absolute atomic E-state index is 0.0704. The Morgan fingerprint density at radius 3 is 2.56 bits per heavy atom. The fourth-order valence-electron chi connectivity index (χ4n) is 0.951. The largest absolute Gasteiger partial charge is 0.396 e. The first kappa shape index (κ1) is 14.5. The van der Waals surface area contributed by atoms with Crippen molar-refractivity contribution in [2.75, 3.05) is 26.2 Å². The molecule has 0 heterocycles. The first-order chi connectivity index (χ1) is 7.67. The second-order valence-electron chi connectivity index (χ2n) is 3.08. The molecular weight excluding hydrogens is 214 g/mol. The molecular formula is C9H17N3O4. The molecule has 0 aliphatic rings. The highest BCUT2D eigenvalue weighted by Gasteiger charge is 2.20. The third-order valence-corrected chi connectivity index (χ3v) is 1.81. The van der Waals surface area contributed by atoms with Crippen LogP contribution in [0.1, 0.15) is 12.8 Å². The van der Waals surface area contributed by atoms with Crippen LogP contribution in [0.15, 0.2) is 0 Å². The first-order valence-electron chi connectivity index (χ1n) is 5.02. The number of aliphatic hydroxyl groups is 1. The summed E-state index contributed by atoms with van der Waals surface area (Å²) in [7, 11) is 0. The van der Waals surface area contributed by atoms with Crippen molar-refractivity contribution < 1.29 is 19.5 Å². The zero-order valence-corrected chi connectivity index (χ0v) is 9.02. The first-order valence-corrected chi connectivity index (χ1v) is 5.02. The Morgan fingerprint density at radius 2 is 2.06 bits per heavy atom. The van der Waals surface area contributed by atoms with E-state index in [4.69, 9.17) is 10.8 Å². The summed E-state index contributed by atoms with van der Waals surface area (Å²) in [5, 5.41) is 10.8. The molecule has 0 fully saturated rings. The number of carbonyl (C=O) groups excluding carboxylic acids is 3. The molecule has 0 spiro atoms. The highest BCUT2D eigenvalue weighted by Crippen LogP contribution is 1.89. The van der Waals surface area contributed by atoms with Crippen LogP contribution in [-0.4, -0.2) is 54.5 Å². The second kappa shape index (κ2) is 8.81. The van der Waals surface area contributed by atoms with E-state index in [-0.39, 0.29) is 19.7 Å². The molecule has 0 aromatic heterocycles. The minimum Gasteiger partial charge on any atom is -0.396 e. The summed E-state index contributed by atoms with van der Waals surface area (Å²) in [6.07, 6.45) is 1.13. The lowest BCUT2D eigenvalue weighted by Crippen LogP contribution is -2.43. The average molecular weight is 231 g/mol. The van der Waals surface area contributed by atoms with Gasteiger partial charge in [0.05, 0.1) is 0 Å². The van der Waals surface area contributed by atoms with Gasteiger partial charge in [-0.2, -0.15) is 0 Å². The fraction of sp³-hybridized carbons (Fsp3) is 0.667. The topological polar surface area (TPSA) is 113 Å². The van der Waals surface area contributed by atoms with E-state index in [1.807, 2.05) is 0 Å². The van der Waals surface area contributed by atoms with Gasteiger partial charge in [-0.05, 0) is 19.4 Å². The van der Waals surface area contributed by atoms with Crippen molar-refractivity contribution in [1.29, 1.82) is 0 Å². The van der Waals surface area contributed by atoms with E-state index in [1.54, 1.807) is 0 Å². The average Bonchev–Trinajstić information content (AvgIpc) is 2.30. The van der Waals surface area contributed by atoms with Crippen LogP contribution in [0.25, 0.3) is 0 Å². The Morgan fingerprint density at radius 1 is 1.38 bits per heavy atom. The standard InChI is InChI=1S/C9H17N3O4/c10-3-1-5-12(7-14)9(16)8(15)11-4-2-6-13/h7,13H,1-6,10H2,(H,11,15). The predicted molar refractivity (Wildman–Crippen MR) is 56.2 cm³/mol. The van der Waals surface area contributed by atoms with E-state index in [9.17, 15) is 14.4 Å². The third-order valence-electron chi connectivity index (χ3n) is 1.81. The van der Waals surface area contributed by atoms with Gasteiger partial charge in [0.2, 0.25) is 6.41 Å². The minimum atomic E-state index is -0.901. The van der Waals surface area contributed by atoms with Gasteiger partial charge in [0, 0.05) is 19.7 Å². The smallest absolute Gasteiger partial charge is 0.318 e. The number of carbonyl (C=O) groups is 3.